The van der Waals surface area contributed by atoms with E-state index in [1.807, 2.05) is 0 Å². The van der Waals surface area contributed by atoms with Crippen LogP contribution in [-0.4, -0.2) is 27.9 Å². The molecule has 2 saturated carbocycles. The van der Waals surface area contributed by atoms with Crippen molar-refractivity contribution in [3.8, 4) is 0 Å². The van der Waals surface area contributed by atoms with Crippen LogP contribution in [0.4, 0.5) is 39.5 Å². The highest BCUT2D eigenvalue weighted by atomic mass is 127. The molecular weight excluding hydrogens is 430 g/mol. The first-order valence-electron chi connectivity index (χ1n) is 6.09. The third-order valence-corrected chi connectivity index (χ3v) is 6.19. The zero-order valence-electron chi connectivity index (χ0n) is 10.2. The fraction of sp³-hybridized carbons (Fsp3) is 1.00. The van der Waals surface area contributed by atoms with Crippen molar-refractivity contribution in [3.05, 3.63) is 0 Å². The van der Waals surface area contributed by atoms with E-state index in [0.29, 0.717) is 6.42 Å². The van der Waals surface area contributed by atoms with Crippen LogP contribution >= 0.6 is 22.6 Å². The van der Waals surface area contributed by atoms with Crippen LogP contribution in [0.1, 0.15) is 19.3 Å². The van der Waals surface area contributed by atoms with Crippen molar-refractivity contribution < 1.29 is 39.5 Å². The molecule has 0 heterocycles. The van der Waals surface area contributed by atoms with Gasteiger partial charge in [-0.25, -0.2) is 0 Å². The van der Waals surface area contributed by atoms with Crippen LogP contribution in [-0.2, 0) is 0 Å². The first-order chi connectivity index (χ1) is 9.25. The van der Waals surface area contributed by atoms with Gasteiger partial charge >= 0.3 is 23.9 Å². The standard InChI is InChI=1S/C11H10F9I/c12-8(13,6-4-1-2-5(3-4)7(6)21)9(14,15)10(16,17)11(18,19)20/h4-7H,1-3H2/t4-,5+,6+,7+/m0/s1. The zero-order valence-corrected chi connectivity index (χ0v) is 12.4. The summed E-state index contributed by atoms with van der Waals surface area (Å²) in [5.41, 5.74) is 0. The van der Waals surface area contributed by atoms with Gasteiger partial charge in [-0.1, -0.05) is 22.6 Å². The minimum atomic E-state index is -6.78. The van der Waals surface area contributed by atoms with Crippen molar-refractivity contribution in [1.82, 2.24) is 0 Å². The molecule has 0 aliphatic heterocycles. The maximum Gasteiger partial charge on any atom is 0.460 e. The van der Waals surface area contributed by atoms with E-state index in [9.17, 15) is 39.5 Å². The Bertz CT molecular complexity index is 414. The van der Waals surface area contributed by atoms with E-state index >= 15 is 0 Å². The van der Waals surface area contributed by atoms with Crippen LogP contribution < -0.4 is 0 Å². The molecule has 2 aliphatic carbocycles. The second-order valence-electron chi connectivity index (χ2n) is 5.57. The van der Waals surface area contributed by atoms with Gasteiger partial charge in [-0.15, -0.1) is 0 Å². The van der Waals surface area contributed by atoms with E-state index in [2.05, 4.69) is 0 Å². The number of hydrogen-bond acceptors (Lipinski definition) is 0. The number of halogens is 10. The Morgan fingerprint density at radius 2 is 1.19 bits per heavy atom. The van der Waals surface area contributed by atoms with Crippen molar-refractivity contribution in [3.63, 3.8) is 0 Å². The summed E-state index contributed by atoms with van der Waals surface area (Å²) < 4.78 is 116. The lowest BCUT2D eigenvalue weighted by atomic mass is 9.80. The third kappa shape index (κ3) is 2.25. The Morgan fingerprint density at radius 3 is 1.57 bits per heavy atom. The Hall–Kier alpha value is 0.1000. The quantitative estimate of drug-likeness (QED) is 0.318. The Morgan fingerprint density at radius 1 is 0.714 bits per heavy atom. The van der Waals surface area contributed by atoms with Crippen LogP contribution in [0, 0.1) is 17.8 Å². The highest BCUT2D eigenvalue weighted by molar-refractivity contribution is 14.1. The van der Waals surface area contributed by atoms with Gasteiger partial charge in [0.15, 0.2) is 0 Å². The van der Waals surface area contributed by atoms with Crippen LogP contribution in [0.25, 0.3) is 0 Å². The molecule has 0 amide bonds. The molecule has 0 spiro atoms. The number of rotatable bonds is 3. The molecule has 0 nitrogen and oxygen atoms in total. The van der Waals surface area contributed by atoms with E-state index in [4.69, 9.17) is 0 Å². The molecule has 0 N–H and O–H groups in total. The largest absolute Gasteiger partial charge is 0.460 e. The SMILES string of the molecule is FC(F)(F)C(F)(F)C(F)(F)C(F)(F)[C@@H]1[C@H]2CC[C@H](C2)[C@H]1I. The first-order valence-corrected chi connectivity index (χ1v) is 7.34. The highest BCUT2D eigenvalue weighted by Crippen LogP contribution is 2.63. The summed E-state index contributed by atoms with van der Waals surface area (Å²) in [7, 11) is 0. The molecule has 0 radical (unpaired) electrons. The number of alkyl halides is 10. The fourth-order valence-electron chi connectivity index (χ4n) is 3.31. The molecule has 10 heteroatoms. The third-order valence-electron chi connectivity index (χ3n) is 4.40. The Balaban J connectivity index is 2.38. The van der Waals surface area contributed by atoms with E-state index in [-0.39, 0.29) is 18.8 Å². The molecule has 124 valence electrons. The van der Waals surface area contributed by atoms with Crippen LogP contribution in [0.3, 0.4) is 0 Å². The highest BCUT2D eigenvalue weighted by Gasteiger charge is 2.84. The molecule has 2 fully saturated rings. The van der Waals surface area contributed by atoms with Crippen molar-refractivity contribution >= 4 is 22.6 Å². The van der Waals surface area contributed by atoms with Gasteiger partial charge in [0.25, 0.3) is 0 Å². The Kier molecular flexibility index (Phi) is 3.99. The molecule has 2 aliphatic rings. The van der Waals surface area contributed by atoms with Crippen molar-refractivity contribution in [2.24, 2.45) is 17.8 Å². The van der Waals surface area contributed by atoms with Gasteiger partial charge in [0.2, 0.25) is 0 Å². The maximum atomic E-state index is 13.9. The second-order valence-corrected chi connectivity index (χ2v) is 7.01. The predicted octanol–water partition coefficient (Wildman–Crippen LogP) is 5.30. The molecule has 0 unspecified atom stereocenters. The molecule has 21 heavy (non-hydrogen) atoms. The van der Waals surface area contributed by atoms with Crippen LogP contribution in [0.5, 0.6) is 0 Å². The first kappa shape index (κ1) is 17.5. The van der Waals surface area contributed by atoms with E-state index in [0.717, 1.165) is 0 Å². The minimum Gasteiger partial charge on any atom is -0.199 e. The Labute approximate surface area is 127 Å². The second kappa shape index (κ2) is 4.80. The van der Waals surface area contributed by atoms with Gasteiger partial charge in [-0.3, -0.25) is 0 Å². The van der Waals surface area contributed by atoms with Gasteiger partial charge in [0.1, 0.15) is 0 Å². The number of hydrogen-bond donors (Lipinski definition) is 0. The van der Waals surface area contributed by atoms with Gasteiger partial charge in [0, 0.05) is 9.84 Å². The normalized spacial score (nSPS) is 34.6. The molecule has 0 saturated heterocycles. The molecule has 0 aromatic rings. The summed E-state index contributed by atoms with van der Waals surface area (Å²) in [6.45, 7) is 0. The average Bonchev–Trinajstić information content (AvgIpc) is 2.86. The van der Waals surface area contributed by atoms with Gasteiger partial charge in [-0.05, 0) is 31.1 Å². The predicted molar refractivity (Wildman–Crippen MR) is 63.0 cm³/mol. The zero-order chi connectivity index (χ0) is 16.4. The van der Waals surface area contributed by atoms with Gasteiger partial charge in [0.05, 0.1) is 0 Å². The van der Waals surface area contributed by atoms with Crippen LogP contribution in [0.2, 0.25) is 0 Å². The summed E-state index contributed by atoms with van der Waals surface area (Å²) >= 11 is 1.46. The molecule has 4 atom stereocenters. The lowest BCUT2D eigenvalue weighted by molar-refractivity contribution is -0.404. The lowest BCUT2D eigenvalue weighted by Crippen LogP contribution is -2.64. The topological polar surface area (TPSA) is 0 Å². The van der Waals surface area contributed by atoms with Crippen molar-refractivity contribution in [2.75, 3.05) is 0 Å². The summed E-state index contributed by atoms with van der Waals surface area (Å²) in [4.78, 5) is 0. The van der Waals surface area contributed by atoms with Crippen molar-refractivity contribution in [1.29, 1.82) is 0 Å². The number of fused-ring (bicyclic) bond motifs is 2. The molecule has 0 aromatic heterocycles. The summed E-state index contributed by atoms with van der Waals surface area (Å²) in [5, 5.41) is 0. The summed E-state index contributed by atoms with van der Waals surface area (Å²) in [5.74, 6) is -22.1. The average molecular weight is 440 g/mol. The van der Waals surface area contributed by atoms with E-state index in [1.54, 1.807) is 0 Å². The van der Waals surface area contributed by atoms with E-state index in [1.165, 1.54) is 22.6 Å². The molecule has 2 bridgehead atoms. The molecule has 2 rings (SSSR count). The van der Waals surface area contributed by atoms with Crippen LogP contribution in [0.15, 0.2) is 0 Å². The summed E-state index contributed by atoms with van der Waals surface area (Å²) in [6.07, 6.45) is -5.91. The fourth-order valence-corrected chi connectivity index (χ4v) is 5.01. The maximum absolute atomic E-state index is 13.9. The summed E-state index contributed by atoms with van der Waals surface area (Å²) in [6, 6.07) is 0. The smallest absolute Gasteiger partial charge is 0.199 e. The van der Waals surface area contributed by atoms with Gasteiger partial charge < -0.3 is 0 Å². The van der Waals surface area contributed by atoms with E-state index < -0.39 is 39.7 Å². The van der Waals surface area contributed by atoms with Crippen molar-refractivity contribution in [2.45, 2.75) is 47.1 Å². The molecule has 0 aromatic carbocycles. The molecular formula is C11H10F9I. The minimum absolute atomic E-state index is 0.151. The van der Waals surface area contributed by atoms with Gasteiger partial charge in [-0.2, -0.15) is 39.5 Å². The lowest BCUT2D eigenvalue weighted by Gasteiger charge is -2.40. The monoisotopic (exact) mass is 440 g/mol.